The zero-order valence-corrected chi connectivity index (χ0v) is 15.4. The second-order valence-electron chi connectivity index (χ2n) is 8.57. The molecule has 6 heteroatoms. The number of anilines is 1. The Morgan fingerprint density at radius 2 is 1.70 bits per heavy atom. The maximum atomic E-state index is 14.2. The predicted molar refractivity (Wildman–Crippen MR) is 96.6 cm³/mol. The van der Waals surface area contributed by atoms with Crippen LogP contribution in [-0.2, 0) is 14.3 Å². The van der Waals surface area contributed by atoms with E-state index in [0.717, 1.165) is 25.3 Å². The first-order chi connectivity index (χ1) is 12.8. The molecule has 0 atom stereocenters. The summed E-state index contributed by atoms with van der Waals surface area (Å²) in [5, 5.41) is 2.46. The third-order valence-corrected chi connectivity index (χ3v) is 6.40. The minimum Gasteiger partial charge on any atom is -0.457 e. The van der Waals surface area contributed by atoms with E-state index < -0.39 is 23.6 Å². The van der Waals surface area contributed by atoms with Gasteiger partial charge in [0.1, 0.15) is 5.82 Å². The van der Waals surface area contributed by atoms with E-state index in [2.05, 4.69) is 5.32 Å². The molecule has 4 bridgehead atoms. The number of halogens is 1. The van der Waals surface area contributed by atoms with E-state index in [1.54, 1.807) is 0 Å². The lowest BCUT2D eigenvalue weighted by Gasteiger charge is -2.55. The fourth-order valence-corrected chi connectivity index (χ4v) is 5.74. The average molecular weight is 373 g/mol. The van der Waals surface area contributed by atoms with E-state index in [1.165, 1.54) is 38.3 Å². The van der Waals surface area contributed by atoms with Gasteiger partial charge in [-0.2, -0.15) is 0 Å². The summed E-state index contributed by atoms with van der Waals surface area (Å²) in [5.74, 6) is -0.0879. The van der Waals surface area contributed by atoms with Crippen LogP contribution in [0.2, 0.25) is 0 Å². The molecule has 1 aromatic rings. The van der Waals surface area contributed by atoms with E-state index in [-0.39, 0.29) is 23.1 Å². The Hall–Kier alpha value is -2.24. The number of carbonyl (C=O) groups excluding carboxylic acids is 3. The average Bonchev–Trinajstić information content (AvgIpc) is 2.57. The summed E-state index contributed by atoms with van der Waals surface area (Å²) in [7, 11) is 0. The van der Waals surface area contributed by atoms with E-state index in [0.29, 0.717) is 17.8 Å². The van der Waals surface area contributed by atoms with Crippen molar-refractivity contribution in [2.45, 2.75) is 45.4 Å². The van der Waals surface area contributed by atoms with Crippen LogP contribution >= 0.6 is 0 Å². The number of Topliss-reactive ketones (excluding diaryl/α,β-unsaturated/α-hetero) is 1. The van der Waals surface area contributed by atoms with Crippen molar-refractivity contribution < 1.29 is 23.5 Å². The van der Waals surface area contributed by atoms with Gasteiger partial charge in [-0.3, -0.25) is 14.4 Å². The van der Waals surface area contributed by atoms with Gasteiger partial charge in [-0.1, -0.05) is 0 Å². The SMILES string of the molecule is CC(=O)Nc1ccc(C(=O)COC(=O)C23CC4CC(CC(C4)C2)C3)c(F)c1. The Bertz CT molecular complexity index is 768. The van der Waals surface area contributed by atoms with Crippen LogP contribution in [0.1, 0.15) is 55.8 Å². The molecular weight excluding hydrogens is 349 g/mol. The van der Waals surface area contributed by atoms with Crippen LogP contribution in [0.3, 0.4) is 0 Å². The number of rotatable bonds is 5. The number of nitrogens with one attached hydrogen (secondary N) is 1. The summed E-state index contributed by atoms with van der Waals surface area (Å²) >= 11 is 0. The van der Waals surface area contributed by atoms with Gasteiger partial charge in [0.25, 0.3) is 0 Å². The van der Waals surface area contributed by atoms with Crippen molar-refractivity contribution in [3.05, 3.63) is 29.6 Å². The standard InChI is InChI=1S/C21H24FNO4/c1-12(24)23-16-2-3-17(18(22)7-16)19(25)11-27-20(26)21-8-13-4-14(9-21)6-15(5-13)10-21/h2-3,7,13-15H,4-6,8-11H2,1H3,(H,23,24). The molecule has 4 saturated carbocycles. The van der Waals surface area contributed by atoms with Crippen molar-refractivity contribution in [3.63, 3.8) is 0 Å². The Balaban J connectivity index is 1.39. The zero-order chi connectivity index (χ0) is 19.2. The second kappa shape index (κ2) is 6.73. The molecule has 5 rings (SSSR count). The largest absolute Gasteiger partial charge is 0.457 e. The highest BCUT2D eigenvalue weighted by molar-refractivity contribution is 5.99. The molecule has 0 aliphatic heterocycles. The van der Waals surface area contributed by atoms with Crippen molar-refractivity contribution in [2.75, 3.05) is 11.9 Å². The van der Waals surface area contributed by atoms with Crippen LogP contribution in [-0.4, -0.2) is 24.3 Å². The quantitative estimate of drug-likeness (QED) is 0.631. The molecule has 1 aromatic carbocycles. The summed E-state index contributed by atoms with van der Waals surface area (Å²) in [6.07, 6.45) is 6.26. The molecule has 144 valence electrons. The van der Waals surface area contributed by atoms with Crippen LogP contribution in [0.25, 0.3) is 0 Å². The molecular formula is C21H24FNO4. The van der Waals surface area contributed by atoms with E-state index >= 15 is 0 Å². The number of amides is 1. The summed E-state index contributed by atoms with van der Waals surface area (Å²) in [5.41, 5.74) is -0.285. The van der Waals surface area contributed by atoms with Crippen molar-refractivity contribution in [1.82, 2.24) is 0 Å². The minimum absolute atomic E-state index is 0.137. The highest BCUT2D eigenvalue weighted by atomic mass is 19.1. The van der Waals surface area contributed by atoms with E-state index in [9.17, 15) is 18.8 Å². The Morgan fingerprint density at radius 1 is 1.11 bits per heavy atom. The molecule has 0 radical (unpaired) electrons. The number of hydrogen-bond donors (Lipinski definition) is 1. The van der Waals surface area contributed by atoms with Crippen LogP contribution in [0.4, 0.5) is 10.1 Å². The summed E-state index contributed by atoms with van der Waals surface area (Å²) in [6, 6.07) is 3.86. The van der Waals surface area contributed by atoms with Gasteiger partial charge in [-0.15, -0.1) is 0 Å². The van der Waals surface area contributed by atoms with Crippen LogP contribution in [0.5, 0.6) is 0 Å². The molecule has 27 heavy (non-hydrogen) atoms. The Morgan fingerprint density at radius 3 is 2.22 bits per heavy atom. The monoisotopic (exact) mass is 373 g/mol. The fraction of sp³-hybridized carbons (Fsp3) is 0.571. The minimum atomic E-state index is -0.739. The highest BCUT2D eigenvalue weighted by Crippen LogP contribution is 2.60. The smallest absolute Gasteiger partial charge is 0.312 e. The van der Waals surface area contributed by atoms with Gasteiger partial charge in [0, 0.05) is 12.6 Å². The maximum absolute atomic E-state index is 14.2. The number of esters is 1. The number of carbonyl (C=O) groups is 3. The molecule has 1 N–H and O–H groups in total. The molecule has 4 aliphatic rings. The first-order valence-corrected chi connectivity index (χ1v) is 9.62. The fourth-order valence-electron chi connectivity index (χ4n) is 5.74. The van der Waals surface area contributed by atoms with Crippen molar-refractivity contribution in [3.8, 4) is 0 Å². The van der Waals surface area contributed by atoms with Crippen molar-refractivity contribution >= 4 is 23.3 Å². The number of hydrogen-bond acceptors (Lipinski definition) is 4. The van der Waals surface area contributed by atoms with Crippen LogP contribution < -0.4 is 5.32 Å². The maximum Gasteiger partial charge on any atom is 0.312 e. The lowest BCUT2D eigenvalue weighted by molar-refractivity contribution is -0.170. The van der Waals surface area contributed by atoms with Gasteiger partial charge >= 0.3 is 5.97 Å². The van der Waals surface area contributed by atoms with Crippen LogP contribution in [0.15, 0.2) is 18.2 Å². The molecule has 5 nitrogen and oxygen atoms in total. The normalized spacial score (nSPS) is 30.8. The van der Waals surface area contributed by atoms with Gasteiger partial charge in [0.2, 0.25) is 11.7 Å². The Labute approximate surface area is 157 Å². The van der Waals surface area contributed by atoms with Gasteiger partial charge in [-0.05, 0) is 74.5 Å². The molecule has 0 unspecified atom stereocenters. The predicted octanol–water partition coefficient (Wildman–Crippen LogP) is 3.73. The number of benzene rings is 1. The van der Waals surface area contributed by atoms with Gasteiger partial charge in [0.15, 0.2) is 6.61 Å². The van der Waals surface area contributed by atoms with Gasteiger partial charge in [-0.25, -0.2) is 4.39 Å². The lowest BCUT2D eigenvalue weighted by Crippen LogP contribution is -2.50. The molecule has 4 aliphatic carbocycles. The first-order valence-electron chi connectivity index (χ1n) is 9.62. The second-order valence-corrected chi connectivity index (χ2v) is 8.57. The zero-order valence-electron chi connectivity index (χ0n) is 15.4. The molecule has 4 fully saturated rings. The molecule has 1 amide bonds. The highest BCUT2D eigenvalue weighted by Gasteiger charge is 2.55. The van der Waals surface area contributed by atoms with Crippen molar-refractivity contribution in [2.24, 2.45) is 23.2 Å². The van der Waals surface area contributed by atoms with Crippen LogP contribution in [0, 0.1) is 29.0 Å². The third-order valence-electron chi connectivity index (χ3n) is 6.40. The van der Waals surface area contributed by atoms with Gasteiger partial charge < -0.3 is 10.1 Å². The molecule has 0 saturated heterocycles. The molecule has 0 aromatic heterocycles. The van der Waals surface area contributed by atoms with Crippen molar-refractivity contribution in [1.29, 1.82) is 0 Å². The summed E-state index contributed by atoms with van der Waals surface area (Å²) < 4.78 is 19.5. The molecule has 0 heterocycles. The molecule has 0 spiro atoms. The van der Waals surface area contributed by atoms with E-state index in [1.807, 2.05) is 0 Å². The van der Waals surface area contributed by atoms with Gasteiger partial charge in [0.05, 0.1) is 11.0 Å². The lowest BCUT2D eigenvalue weighted by atomic mass is 9.49. The Kier molecular flexibility index (Phi) is 4.52. The summed E-state index contributed by atoms with van der Waals surface area (Å²) in [4.78, 5) is 36.1. The number of ketones is 1. The summed E-state index contributed by atoms with van der Waals surface area (Å²) in [6.45, 7) is 0.873. The third kappa shape index (κ3) is 3.49. The van der Waals surface area contributed by atoms with E-state index in [4.69, 9.17) is 4.74 Å². The first kappa shape index (κ1) is 18.1. The topological polar surface area (TPSA) is 72.5 Å². The number of ether oxygens (including phenoxy) is 1.